The zero-order chi connectivity index (χ0) is 12.7. The molecule has 0 radical (unpaired) electrons. The highest BCUT2D eigenvalue weighted by Gasteiger charge is 2.20. The molecule has 1 atom stereocenters. The van der Waals surface area contributed by atoms with Gasteiger partial charge in [-0.2, -0.15) is 0 Å². The highest BCUT2D eigenvalue weighted by atomic mass is 16.4. The lowest BCUT2D eigenvalue weighted by Crippen LogP contribution is -2.42. The highest BCUT2D eigenvalue weighted by Crippen LogP contribution is 2.03. The monoisotopic (exact) mass is 231 g/mol. The van der Waals surface area contributed by atoms with Crippen molar-refractivity contribution in [3.8, 4) is 0 Å². The Kier molecular flexibility index (Phi) is 6.14. The van der Waals surface area contributed by atoms with E-state index in [0.717, 1.165) is 0 Å². The average molecular weight is 231 g/mol. The minimum atomic E-state index is -1.14. The first-order valence-electron chi connectivity index (χ1n) is 5.09. The number of hydrogen-bond donors (Lipinski definition) is 3. The van der Waals surface area contributed by atoms with Crippen molar-refractivity contribution in [1.82, 2.24) is 5.32 Å². The number of carboxylic acids is 2. The van der Waals surface area contributed by atoms with Crippen LogP contribution in [0.25, 0.3) is 0 Å². The van der Waals surface area contributed by atoms with Crippen LogP contribution >= 0.6 is 0 Å². The maximum atomic E-state index is 11.3. The minimum Gasteiger partial charge on any atom is -0.481 e. The number of amides is 1. The summed E-state index contributed by atoms with van der Waals surface area (Å²) in [6.45, 7) is 3.32. The number of rotatable bonds is 7. The van der Waals surface area contributed by atoms with E-state index in [-0.39, 0.29) is 31.1 Å². The van der Waals surface area contributed by atoms with Gasteiger partial charge in [-0.1, -0.05) is 13.8 Å². The quantitative estimate of drug-likeness (QED) is 0.590. The van der Waals surface area contributed by atoms with Gasteiger partial charge in [0.15, 0.2) is 0 Å². The number of carboxylic acid groups (broad SMARTS) is 2. The van der Waals surface area contributed by atoms with E-state index in [0.29, 0.717) is 0 Å². The van der Waals surface area contributed by atoms with Crippen LogP contribution in [0.1, 0.15) is 33.1 Å². The maximum absolute atomic E-state index is 11.3. The van der Waals surface area contributed by atoms with Crippen LogP contribution in [0.4, 0.5) is 0 Å². The summed E-state index contributed by atoms with van der Waals surface area (Å²) >= 11 is 0. The lowest BCUT2D eigenvalue weighted by atomic mass is 10.1. The van der Waals surface area contributed by atoms with E-state index in [1.807, 2.05) is 0 Å². The van der Waals surface area contributed by atoms with Crippen molar-refractivity contribution in [2.45, 2.75) is 39.2 Å². The third-order valence-corrected chi connectivity index (χ3v) is 2.02. The number of nitrogens with one attached hydrogen (secondary N) is 1. The fraction of sp³-hybridized carbons (Fsp3) is 0.700. The van der Waals surface area contributed by atoms with Gasteiger partial charge in [0.05, 0.1) is 0 Å². The van der Waals surface area contributed by atoms with E-state index < -0.39 is 18.0 Å². The van der Waals surface area contributed by atoms with Crippen LogP contribution in [0, 0.1) is 5.92 Å². The Balaban J connectivity index is 4.13. The second-order valence-corrected chi connectivity index (χ2v) is 3.84. The highest BCUT2D eigenvalue weighted by molar-refractivity contribution is 5.84. The molecule has 0 saturated heterocycles. The van der Waals surface area contributed by atoms with Crippen LogP contribution in [-0.2, 0) is 14.4 Å². The van der Waals surface area contributed by atoms with E-state index >= 15 is 0 Å². The Bertz CT molecular complexity index is 274. The second-order valence-electron chi connectivity index (χ2n) is 3.84. The Morgan fingerprint density at radius 2 is 1.75 bits per heavy atom. The van der Waals surface area contributed by atoms with Crippen molar-refractivity contribution < 1.29 is 24.6 Å². The van der Waals surface area contributed by atoms with Gasteiger partial charge in [-0.05, 0) is 12.8 Å². The van der Waals surface area contributed by atoms with Gasteiger partial charge in [0.2, 0.25) is 5.91 Å². The molecule has 0 spiro atoms. The number of hydrogen-bond acceptors (Lipinski definition) is 3. The number of aliphatic carboxylic acids is 2. The first kappa shape index (κ1) is 14.4. The Morgan fingerprint density at radius 3 is 2.12 bits per heavy atom. The average Bonchev–Trinajstić information content (AvgIpc) is 2.14. The van der Waals surface area contributed by atoms with E-state index in [2.05, 4.69) is 5.32 Å². The molecule has 0 bridgehead atoms. The molecule has 3 N–H and O–H groups in total. The van der Waals surface area contributed by atoms with Crippen molar-refractivity contribution in [2.75, 3.05) is 0 Å². The molecule has 1 unspecified atom stereocenters. The van der Waals surface area contributed by atoms with Crippen LogP contribution < -0.4 is 5.32 Å². The van der Waals surface area contributed by atoms with Crippen molar-refractivity contribution in [3.63, 3.8) is 0 Å². The first-order chi connectivity index (χ1) is 7.34. The molecule has 16 heavy (non-hydrogen) atoms. The van der Waals surface area contributed by atoms with E-state index in [1.165, 1.54) is 0 Å². The lowest BCUT2D eigenvalue weighted by molar-refractivity contribution is -0.143. The van der Waals surface area contributed by atoms with Crippen LogP contribution in [0.15, 0.2) is 0 Å². The van der Waals surface area contributed by atoms with Gasteiger partial charge in [0.1, 0.15) is 6.04 Å². The summed E-state index contributed by atoms with van der Waals surface area (Å²) in [5.74, 6) is -2.75. The second kappa shape index (κ2) is 6.81. The van der Waals surface area contributed by atoms with Gasteiger partial charge >= 0.3 is 11.9 Å². The SMILES string of the molecule is CC(C)C(=O)NC(CCCC(=O)O)C(=O)O. The van der Waals surface area contributed by atoms with Crippen molar-refractivity contribution in [1.29, 1.82) is 0 Å². The Hall–Kier alpha value is -1.59. The molecule has 92 valence electrons. The summed E-state index contributed by atoms with van der Waals surface area (Å²) in [5.41, 5.74) is 0. The van der Waals surface area contributed by atoms with Gasteiger partial charge in [-0.3, -0.25) is 9.59 Å². The van der Waals surface area contributed by atoms with Crippen molar-refractivity contribution in [2.24, 2.45) is 5.92 Å². The van der Waals surface area contributed by atoms with Crippen molar-refractivity contribution >= 4 is 17.8 Å². The Morgan fingerprint density at radius 1 is 1.19 bits per heavy atom. The summed E-state index contributed by atoms with van der Waals surface area (Å²) in [5, 5.41) is 19.6. The van der Waals surface area contributed by atoms with Gasteiger partial charge in [-0.25, -0.2) is 4.79 Å². The lowest BCUT2D eigenvalue weighted by Gasteiger charge is -2.15. The fourth-order valence-corrected chi connectivity index (χ4v) is 1.05. The molecule has 0 aliphatic carbocycles. The predicted octanol–water partition coefficient (Wildman–Crippen LogP) is 0.467. The molecule has 0 fully saturated rings. The summed E-state index contributed by atoms with van der Waals surface area (Å²) in [7, 11) is 0. The molecule has 6 nitrogen and oxygen atoms in total. The largest absolute Gasteiger partial charge is 0.481 e. The molecular formula is C10H17NO5. The normalized spacial score (nSPS) is 12.2. The summed E-state index contributed by atoms with van der Waals surface area (Å²) in [6, 6.07) is -1.01. The molecule has 0 aromatic heterocycles. The standard InChI is InChI=1S/C10H17NO5/c1-6(2)9(14)11-7(10(15)16)4-3-5-8(12)13/h6-7H,3-5H2,1-2H3,(H,11,14)(H,12,13)(H,15,16). The third-order valence-electron chi connectivity index (χ3n) is 2.02. The van der Waals surface area contributed by atoms with E-state index in [4.69, 9.17) is 10.2 Å². The minimum absolute atomic E-state index is 0.0959. The Labute approximate surface area is 93.6 Å². The molecule has 0 heterocycles. The zero-order valence-electron chi connectivity index (χ0n) is 9.40. The fourth-order valence-electron chi connectivity index (χ4n) is 1.05. The van der Waals surface area contributed by atoms with Gasteiger partial charge < -0.3 is 15.5 Å². The van der Waals surface area contributed by atoms with Gasteiger partial charge in [0.25, 0.3) is 0 Å². The van der Waals surface area contributed by atoms with Crippen LogP contribution in [0.3, 0.4) is 0 Å². The predicted molar refractivity (Wildman–Crippen MR) is 55.9 cm³/mol. The van der Waals surface area contributed by atoms with Crippen LogP contribution in [0.2, 0.25) is 0 Å². The van der Waals surface area contributed by atoms with Crippen LogP contribution in [-0.4, -0.2) is 34.1 Å². The summed E-state index contributed by atoms with van der Waals surface area (Å²) in [6.07, 6.45) is 0.256. The third kappa shape index (κ3) is 6.00. The van der Waals surface area contributed by atoms with E-state index in [1.54, 1.807) is 13.8 Å². The molecule has 0 saturated carbocycles. The summed E-state index contributed by atoms with van der Waals surface area (Å²) in [4.78, 5) is 32.3. The van der Waals surface area contributed by atoms with E-state index in [9.17, 15) is 14.4 Å². The molecule has 6 heteroatoms. The first-order valence-corrected chi connectivity index (χ1v) is 5.09. The topological polar surface area (TPSA) is 104 Å². The van der Waals surface area contributed by atoms with Crippen molar-refractivity contribution in [3.05, 3.63) is 0 Å². The molecule has 0 aromatic rings. The van der Waals surface area contributed by atoms with Gasteiger partial charge in [0, 0.05) is 12.3 Å². The van der Waals surface area contributed by atoms with Gasteiger partial charge in [-0.15, -0.1) is 0 Å². The van der Waals surface area contributed by atoms with Crippen LogP contribution in [0.5, 0.6) is 0 Å². The molecule has 0 aliphatic heterocycles. The number of carbonyl (C=O) groups excluding carboxylic acids is 1. The smallest absolute Gasteiger partial charge is 0.326 e. The molecule has 1 amide bonds. The molecule has 0 aromatic carbocycles. The maximum Gasteiger partial charge on any atom is 0.326 e. The molecule has 0 aliphatic rings. The molecular weight excluding hydrogens is 214 g/mol. The molecule has 0 rings (SSSR count). The zero-order valence-corrected chi connectivity index (χ0v) is 9.40. The number of carbonyl (C=O) groups is 3. The summed E-state index contributed by atoms with van der Waals surface area (Å²) < 4.78 is 0.